The monoisotopic (exact) mass is 243 g/mol. The van der Waals surface area contributed by atoms with Crippen molar-refractivity contribution in [1.29, 1.82) is 5.26 Å². The van der Waals surface area contributed by atoms with Gasteiger partial charge in [-0.15, -0.1) is 0 Å². The quantitative estimate of drug-likeness (QED) is 0.588. The normalized spacial score (nSPS) is 56.8. The zero-order chi connectivity index (χ0) is 12.7. The van der Waals surface area contributed by atoms with Crippen molar-refractivity contribution in [1.82, 2.24) is 0 Å². The van der Waals surface area contributed by atoms with Crippen LogP contribution in [-0.4, -0.2) is 0 Å². The number of nitrogens with zero attached hydrogens (tertiary/aromatic N) is 1. The first-order valence-corrected chi connectivity index (χ1v) is 7.90. The maximum absolute atomic E-state index is 9.31. The van der Waals surface area contributed by atoms with Crippen molar-refractivity contribution < 1.29 is 0 Å². The van der Waals surface area contributed by atoms with Crippen LogP contribution in [0.2, 0.25) is 0 Å². The minimum Gasteiger partial charge on any atom is -0.198 e. The van der Waals surface area contributed by atoms with Gasteiger partial charge in [0.15, 0.2) is 0 Å². The number of hydrogen-bond donors (Lipinski definition) is 0. The Bertz CT molecular complexity index is 412. The lowest BCUT2D eigenvalue weighted by Crippen LogP contribution is -2.39. The first-order valence-electron chi connectivity index (χ1n) is 7.90. The van der Waals surface area contributed by atoms with Crippen LogP contribution >= 0.6 is 0 Å². The molecule has 8 atom stereocenters. The largest absolute Gasteiger partial charge is 0.198 e. The summed E-state index contributed by atoms with van der Waals surface area (Å²) in [5.74, 6) is 7.06. The van der Waals surface area contributed by atoms with E-state index in [1.165, 1.54) is 25.7 Å². The van der Waals surface area contributed by atoms with E-state index in [0.29, 0.717) is 11.3 Å². The molecule has 4 rings (SSSR count). The highest BCUT2D eigenvalue weighted by Gasteiger charge is 2.65. The molecule has 0 aliphatic heterocycles. The first-order chi connectivity index (χ1) is 8.50. The molecule has 4 aliphatic carbocycles. The second kappa shape index (κ2) is 3.33. The lowest BCUT2D eigenvalue weighted by Gasteiger charge is -2.44. The van der Waals surface area contributed by atoms with Crippen molar-refractivity contribution in [2.24, 2.45) is 52.8 Å². The van der Waals surface area contributed by atoms with Crippen molar-refractivity contribution in [3.63, 3.8) is 0 Å². The third kappa shape index (κ3) is 1.23. The minimum absolute atomic E-state index is 0.420. The Morgan fingerprint density at radius 1 is 0.889 bits per heavy atom. The van der Waals surface area contributed by atoms with Gasteiger partial charge in [-0.25, -0.2) is 0 Å². The molecule has 1 nitrogen and oxygen atoms in total. The zero-order valence-corrected chi connectivity index (χ0v) is 11.9. The molecule has 0 aromatic heterocycles. The van der Waals surface area contributed by atoms with Gasteiger partial charge in [0.1, 0.15) is 0 Å². The summed E-state index contributed by atoms with van der Waals surface area (Å²) >= 11 is 0. The van der Waals surface area contributed by atoms with E-state index in [2.05, 4.69) is 26.8 Å². The van der Waals surface area contributed by atoms with Gasteiger partial charge in [0.25, 0.3) is 0 Å². The molecule has 0 amide bonds. The fourth-order valence-corrected chi connectivity index (χ4v) is 6.74. The van der Waals surface area contributed by atoms with Gasteiger partial charge in [-0.1, -0.05) is 20.8 Å². The molecule has 4 saturated carbocycles. The van der Waals surface area contributed by atoms with Crippen molar-refractivity contribution in [3.05, 3.63) is 0 Å². The predicted octanol–water partition coefficient (Wildman–Crippen LogP) is 4.10. The summed E-state index contributed by atoms with van der Waals surface area (Å²) in [6, 6.07) is 2.61. The van der Waals surface area contributed by atoms with Crippen molar-refractivity contribution in [2.45, 2.75) is 46.5 Å². The van der Waals surface area contributed by atoms with Gasteiger partial charge in [-0.2, -0.15) is 5.26 Å². The third-order valence-electron chi connectivity index (χ3n) is 7.10. The van der Waals surface area contributed by atoms with Gasteiger partial charge in [0.05, 0.1) is 6.07 Å². The van der Waals surface area contributed by atoms with Crippen molar-refractivity contribution in [3.8, 4) is 6.07 Å². The molecule has 1 heteroatoms. The second-order valence-corrected chi connectivity index (χ2v) is 8.65. The Labute approximate surface area is 111 Å². The number of hydrogen-bond acceptors (Lipinski definition) is 1. The van der Waals surface area contributed by atoms with Crippen LogP contribution in [-0.2, 0) is 0 Å². The predicted molar refractivity (Wildman–Crippen MR) is 71.5 cm³/mol. The average molecular weight is 243 g/mol. The van der Waals surface area contributed by atoms with Gasteiger partial charge in [-0.3, -0.25) is 0 Å². The van der Waals surface area contributed by atoms with Gasteiger partial charge in [0.2, 0.25) is 0 Å². The van der Waals surface area contributed by atoms with E-state index in [1.54, 1.807) is 0 Å². The summed E-state index contributed by atoms with van der Waals surface area (Å²) < 4.78 is 0. The highest BCUT2D eigenvalue weighted by atomic mass is 14.7. The van der Waals surface area contributed by atoms with Crippen LogP contribution in [0.4, 0.5) is 0 Å². The van der Waals surface area contributed by atoms with E-state index in [9.17, 15) is 5.26 Å². The minimum atomic E-state index is 0.420. The van der Waals surface area contributed by atoms with Crippen LogP contribution in [0.1, 0.15) is 46.5 Å². The van der Waals surface area contributed by atoms with E-state index >= 15 is 0 Å². The van der Waals surface area contributed by atoms with Crippen LogP contribution in [0.25, 0.3) is 0 Å². The Kier molecular flexibility index (Phi) is 2.09. The van der Waals surface area contributed by atoms with Crippen LogP contribution in [0.5, 0.6) is 0 Å². The van der Waals surface area contributed by atoms with Gasteiger partial charge < -0.3 is 0 Å². The zero-order valence-electron chi connectivity index (χ0n) is 11.9. The van der Waals surface area contributed by atoms with Gasteiger partial charge in [-0.05, 0) is 72.5 Å². The molecule has 18 heavy (non-hydrogen) atoms. The fraction of sp³-hybridized carbons (Fsp3) is 0.941. The molecule has 0 heterocycles. The van der Waals surface area contributed by atoms with E-state index in [1.807, 2.05) is 0 Å². The third-order valence-corrected chi connectivity index (χ3v) is 7.10. The first kappa shape index (κ1) is 11.3. The molecule has 0 N–H and O–H groups in total. The lowest BCUT2D eigenvalue weighted by molar-refractivity contribution is 0.0409. The van der Waals surface area contributed by atoms with Crippen molar-refractivity contribution >= 4 is 0 Å². The molecule has 4 fully saturated rings. The SMILES string of the molecule is CC(C)(C)C1CC2CC1C1C3CC([C@H]21)[C@@H](C#N)C3. The lowest BCUT2D eigenvalue weighted by atomic mass is 9.60. The molecule has 0 radical (unpaired) electrons. The van der Waals surface area contributed by atoms with Crippen LogP contribution < -0.4 is 0 Å². The molecule has 0 saturated heterocycles. The molecular weight excluding hydrogens is 218 g/mol. The summed E-state index contributed by atoms with van der Waals surface area (Å²) in [5.41, 5.74) is 0.501. The Morgan fingerprint density at radius 3 is 2.17 bits per heavy atom. The highest BCUT2D eigenvalue weighted by Crippen LogP contribution is 2.71. The summed E-state index contributed by atoms with van der Waals surface area (Å²) in [4.78, 5) is 0. The molecule has 0 aromatic carbocycles. The molecule has 6 unspecified atom stereocenters. The maximum atomic E-state index is 9.31. The average Bonchev–Trinajstić information content (AvgIpc) is 3.03. The molecule has 4 bridgehead atoms. The van der Waals surface area contributed by atoms with Gasteiger partial charge in [0, 0.05) is 5.92 Å². The second-order valence-electron chi connectivity index (χ2n) is 8.65. The number of fused-ring (bicyclic) bond motifs is 9. The van der Waals surface area contributed by atoms with Crippen LogP contribution in [0, 0.1) is 64.1 Å². The molecule has 0 aromatic rings. The maximum Gasteiger partial charge on any atom is 0.0658 e. The summed E-state index contributed by atoms with van der Waals surface area (Å²) in [6.07, 6.45) is 5.61. The Balaban J connectivity index is 1.64. The number of rotatable bonds is 0. The molecular formula is C17H25N. The summed E-state index contributed by atoms with van der Waals surface area (Å²) in [6.45, 7) is 7.33. The van der Waals surface area contributed by atoms with Crippen LogP contribution in [0.15, 0.2) is 0 Å². The summed E-state index contributed by atoms with van der Waals surface area (Å²) in [5, 5.41) is 9.31. The van der Waals surface area contributed by atoms with E-state index in [0.717, 1.165) is 41.4 Å². The highest BCUT2D eigenvalue weighted by molar-refractivity contribution is 5.16. The Hall–Kier alpha value is -0.510. The standard InChI is InChI=1S/C17H25N/c1-17(2,3)14-7-10-6-13(14)16-9-4-11(8-18)12(5-9)15(10)16/h9-16H,4-7H2,1-3H3/t9?,10?,11-,12?,13?,14?,15+,16?/m1/s1. The fourth-order valence-electron chi connectivity index (χ4n) is 6.74. The molecule has 98 valence electrons. The summed E-state index contributed by atoms with van der Waals surface area (Å²) in [7, 11) is 0. The number of nitriles is 1. The van der Waals surface area contributed by atoms with E-state index in [-0.39, 0.29) is 0 Å². The van der Waals surface area contributed by atoms with E-state index in [4.69, 9.17) is 0 Å². The molecule has 4 aliphatic rings. The van der Waals surface area contributed by atoms with E-state index < -0.39 is 0 Å². The Morgan fingerprint density at radius 2 is 1.50 bits per heavy atom. The topological polar surface area (TPSA) is 23.8 Å². The van der Waals surface area contributed by atoms with Gasteiger partial charge >= 0.3 is 0 Å². The van der Waals surface area contributed by atoms with Crippen LogP contribution in [0.3, 0.4) is 0 Å². The smallest absolute Gasteiger partial charge is 0.0658 e. The molecule has 0 spiro atoms. The van der Waals surface area contributed by atoms with Crippen molar-refractivity contribution in [2.75, 3.05) is 0 Å².